The molecule has 0 radical (unpaired) electrons. The summed E-state index contributed by atoms with van der Waals surface area (Å²) in [5.74, 6) is -0.371. The van der Waals surface area contributed by atoms with Crippen molar-refractivity contribution in [2.24, 2.45) is 0 Å². The molecule has 0 aliphatic heterocycles. The van der Waals surface area contributed by atoms with Gasteiger partial charge < -0.3 is 0 Å². The van der Waals surface area contributed by atoms with Gasteiger partial charge in [0.2, 0.25) is 0 Å². The minimum atomic E-state index is -3.73. The van der Waals surface area contributed by atoms with Crippen LogP contribution in [0.25, 0.3) is 11.3 Å². The summed E-state index contributed by atoms with van der Waals surface area (Å²) in [5.41, 5.74) is 2.06. The van der Waals surface area contributed by atoms with E-state index in [0.717, 1.165) is 5.56 Å². The molecule has 3 nitrogen and oxygen atoms in total. The molecule has 3 rings (SSSR count). The van der Waals surface area contributed by atoms with Crippen molar-refractivity contribution in [3.8, 4) is 11.3 Å². The lowest BCUT2D eigenvalue weighted by atomic mass is 10.1. The van der Waals surface area contributed by atoms with Crippen molar-refractivity contribution in [1.29, 1.82) is 0 Å². The Labute approximate surface area is 142 Å². The highest BCUT2D eigenvalue weighted by atomic mass is 79.9. The maximum atomic E-state index is 13.1. The number of hydrogen-bond donors (Lipinski definition) is 0. The molecule has 0 aliphatic carbocycles. The smallest absolute Gasteiger partial charge is 0.240 e. The number of halogens is 2. The number of hydrogen-bond acceptors (Lipinski definition) is 2. The molecule has 1 heterocycles. The van der Waals surface area contributed by atoms with E-state index in [1.165, 1.54) is 22.3 Å². The van der Waals surface area contributed by atoms with Crippen molar-refractivity contribution in [3.05, 3.63) is 76.6 Å². The van der Waals surface area contributed by atoms with Crippen LogP contribution in [-0.4, -0.2) is 12.4 Å². The third-order valence-electron chi connectivity index (χ3n) is 3.50. The third kappa shape index (κ3) is 2.96. The summed E-state index contributed by atoms with van der Waals surface area (Å²) >= 11 is 3.37. The van der Waals surface area contributed by atoms with Crippen molar-refractivity contribution in [2.45, 2.75) is 11.8 Å². The average molecular weight is 394 g/mol. The highest BCUT2D eigenvalue weighted by Gasteiger charge is 2.22. The number of aryl methyl sites for hydroxylation is 1. The van der Waals surface area contributed by atoms with Crippen LogP contribution in [0.2, 0.25) is 0 Å². The van der Waals surface area contributed by atoms with Gasteiger partial charge in [-0.3, -0.25) is 0 Å². The molecule has 6 heteroatoms. The van der Waals surface area contributed by atoms with Gasteiger partial charge in [0.1, 0.15) is 5.82 Å². The highest BCUT2D eigenvalue weighted by Crippen LogP contribution is 2.32. The fraction of sp³-hybridized carbons (Fsp3) is 0.0588. The van der Waals surface area contributed by atoms with Gasteiger partial charge in [-0.15, -0.1) is 0 Å². The van der Waals surface area contributed by atoms with E-state index < -0.39 is 10.0 Å². The second-order valence-corrected chi connectivity index (χ2v) is 7.80. The van der Waals surface area contributed by atoms with Gasteiger partial charge in [-0.05, 0) is 65.3 Å². The molecule has 0 bridgehead atoms. The van der Waals surface area contributed by atoms with Crippen LogP contribution in [0.5, 0.6) is 0 Å². The van der Waals surface area contributed by atoms with Crippen LogP contribution in [0.1, 0.15) is 5.56 Å². The Morgan fingerprint density at radius 3 is 2.17 bits per heavy atom. The van der Waals surface area contributed by atoms with Crippen LogP contribution in [0.15, 0.2) is 70.2 Å². The van der Waals surface area contributed by atoms with Crippen molar-refractivity contribution in [2.75, 3.05) is 0 Å². The molecule has 2 aromatic carbocycles. The van der Waals surface area contributed by atoms with E-state index >= 15 is 0 Å². The summed E-state index contributed by atoms with van der Waals surface area (Å²) in [6, 6.07) is 14.0. The molecule has 0 spiro atoms. The minimum Gasteiger partial charge on any atom is -0.240 e. The van der Waals surface area contributed by atoms with Gasteiger partial charge in [-0.2, -0.15) is 0 Å². The van der Waals surface area contributed by atoms with Gasteiger partial charge in [0.15, 0.2) is 0 Å². The van der Waals surface area contributed by atoms with Gasteiger partial charge in [-0.25, -0.2) is 16.8 Å². The summed E-state index contributed by atoms with van der Waals surface area (Å²) in [5, 5.41) is 0. The first kappa shape index (κ1) is 16.0. The van der Waals surface area contributed by atoms with Crippen molar-refractivity contribution < 1.29 is 12.8 Å². The Morgan fingerprint density at radius 1 is 0.957 bits per heavy atom. The van der Waals surface area contributed by atoms with Gasteiger partial charge in [-0.1, -0.05) is 17.7 Å². The lowest BCUT2D eigenvalue weighted by Gasteiger charge is -2.11. The zero-order valence-corrected chi connectivity index (χ0v) is 14.6. The normalized spacial score (nSPS) is 11.6. The molecule has 0 saturated carbocycles. The first-order valence-electron chi connectivity index (χ1n) is 6.84. The molecular weight excluding hydrogens is 381 g/mol. The van der Waals surface area contributed by atoms with Crippen LogP contribution in [0.4, 0.5) is 4.39 Å². The molecule has 0 atom stereocenters. The van der Waals surface area contributed by atoms with Gasteiger partial charge in [0.05, 0.1) is 10.6 Å². The molecule has 3 aromatic rings. The van der Waals surface area contributed by atoms with Crippen molar-refractivity contribution in [3.63, 3.8) is 0 Å². The van der Waals surface area contributed by atoms with Gasteiger partial charge >= 0.3 is 0 Å². The Bertz CT molecular complexity index is 945. The predicted octanol–water partition coefficient (Wildman–Crippen LogP) is 4.60. The SMILES string of the molecule is Cc1ccc(S(=O)(=O)n2ccc(Br)c2-c2ccc(F)cc2)cc1. The van der Waals surface area contributed by atoms with Gasteiger partial charge in [0, 0.05) is 16.2 Å². The zero-order valence-electron chi connectivity index (χ0n) is 12.2. The number of rotatable bonds is 3. The van der Waals surface area contributed by atoms with Crippen LogP contribution >= 0.6 is 15.9 Å². The average Bonchev–Trinajstić information content (AvgIpc) is 2.91. The van der Waals surface area contributed by atoms with Gasteiger partial charge in [0.25, 0.3) is 10.0 Å². The van der Waals surface area contributed by atoms with E-state index in [4.69, 9.17) is 0 Å². The van der Waals surface area contributed by atoms with E-state index in [1.54, 1.807) is 42.5 Å². The zero-order chi connectivity index (χ0) is 16.6. The Morgan fingerprint density at radius 2 is 1.57 bits per heavy atom. The Kier molecular flexibility index (Phi) is 4.12. The largest absolute Gasteiger partial charge is 0.268 e. The fourth-order valence-corrected chi connectivity index (χ4v) is 4.32. The molecule has 0 unspecified atom stereocenters. The topological polar surface area (TPSA) is 39.1 Å². The second kappa shape index (κ2) is 5.94. The molecule has 0 amide bonds. The summed E-state index contributed by atoms with van der Waals surface area (Å²) in [4.78, 5) is 0.203. The molecule has 0 N–H and O–H groups in total. The van der Waals surface area contributed by atoms with E-state index in [-0.39, 0.29) is 10.7 Å². The maximum Gasteiger partial charge on any atom is 0.268 e. The third-order valence-corrected chi connectivity index (χ3v) is 5.83. The van der Waals surface area contributed by atoms with E-state index in [1.807, 2.05) is 6.92 Å². The summed E-state index contributed by atoms with van der Waals surface area (Å²) in [6.45, 7) is 1.90. The molecule has 0 saturated heterocycles. The predicted molar refractivity (Wildman–Crippen MR) is 91.3 cm³/mol. The lowest BCUT2D eigenvalue weighted by Crippen LogP contribution is -2.13. The molecule has 118 valence electrons. The van der Waals surface area contributed by atoms with E-state index in [2.05, 4.69) is 15.9 Å². The quantitative estimate of drug-likeness (QED) is 0.651. The Balaban J connectivity index is 2.18. The Hall–Kier alpha value is -1.92. The van der Waals surface area contributed by atoms with E-state index in [9.17, 15) is 12.8 Å². The van der Waals surface area contributed by atoms with Crippen LogP contribution in [0, 0.1) is 12.7 Å². The molecule has 23 heavy (non-hydrogen) atoms. The summed E-state index contributed by atoms with van der Waals surface area (Å²) in [7, 11) is -3.73. The van der Waals surface area contributed by atoms with Crippen LogP contribution in [-0.2, 0) is 10.0 Å². The standard InChI is InChI=1S/C17H13BrFNO2S/c1-12-2-8-15(9-3-12)23(21,22)20-11-10-16(18)17(20)13-4-6-14(19)7-5-13/h2-11H,1H3. The highest BCUT2D eigenvalue weighted by molar-refractivity contribution is 9.10. The number of aromatic nitrogens is 1. The monoisotopic (exact) mass is 393 g/mol. The summed E-state index contributed by atoms with van der Waals surface area (Å²) < 4.78 is 40.7. The van der Waals surface area contributed by atoms with Crippen molar-refractivity contribution in [1.82, 2.24) is 3.97 Å². The first-order chi connectivity index (χ1) is 10.9. The minimum absolute atomic E-state index is 0.203. The second-order valence-electron chi connectivity index (χ2n) is 5.13. The maximum absolute atomic E-state index is 13.1. The van der Waals surface area contributed by atoms with E-state index in [0.29, 0.717) is 15.7 Å². The van der Waals surface area contributed by atoms with Crippen LogP contribution in [0.3, 0.4) is 0 Å². The van der Waals surface area contributed by atoms with Crippen molar-refractivity contribution >= 4 is 26.0 Å². The molecular formula is C17H13BrFNO2S. The summed E-state index contributed by atoms with van der Waals surface area (Å²) in [6.07, 6.45) is 1.48. The number of nitrogens with zero attached hydrogens (tertiary/aromatic N) is 1. The van der Waals surface area contributed by atoms with Crippen LogP contribution < -0.4 is 0 Å². The first-order valence-corrected chi connectivity index (χ1v) is 9.08. The number of benzene rings is 2. The molecule has 0 aliphatic rings. The molecule has 1 aromatic heterocycles. The fourth-order valence-electron chi connectivity index (χ4n) is 2.29. The molecule has 0 fully saturated rings. The lowest BCUT2D eigenvalue weighted by molar-refractivity contribution is 0.588.